The third-order valence-electron chi connectivity index (χ3n) is 6.39. The number of carboxylic acid groups (broad SMARTS) is 1. The second-order valence-electron chi connectivity index (χ2n) is 8.48. The van der Waals surface area contributed by atoms with Gasteiger partial charge < -0.3 is 26.0 Å². The minimum absolute atomic E-state index is 0.118. The molecule has 1 unspecified atom stereocenters. The van der Waals surface area contributed by atoms with Gasteiger partial charge in [-0.25, -0.2) is 4.79 Å². The first-order valence-corrected chi connectivity index (χ1v) is 10.9. The number of nitrogens with one attached hydrogen (secondary N) is 2. The zero-order chi connectivity index (χ0) is 22.5. The third kappa shape index (κ3) is 5.25. The van der Waals surface area contributed by atoms with Crippen LogP contribution in [-0.2, 0) is 20.8 Å². The molecule has 1 aliphatic rings. The maximum absolute atomic E-state index is 12.8. The lowest BCUT2D eigenvalue weighted by atomic mass is 9.93. The lowest BCUT2D eigenvalue weighted by molar-refractivity contribution is -0.144. The number of carboxylic acids is 1. The van der Waals surface area contributed by atoms with Crippen molar-refractivity contribution in [2.24, 2.45) is 17.6 Å². The van der Waals surface area contributed by atoms with E-state index in [1.165, 1.54) is 0 Å². The molecule has 2 amide bonds. The van der Waals surface area contributed by atoms with Crippen LogP contribution in [-0.4, -0.2) is 57.9 Å². The highest BCUT2D eigenvalue weighted by Gasteiger charge is 2.33. The van der Waals surface area contributed by atoms with Gasteiger partial charge in [0.25, 0.3) is 0 Å². The topological polar surface area (TPSA) is 129 Å². The molecule has 0 bridgehead atoms. The Morgan fingerprint density at radius 2 is 1.94 bits per heavy atom. The van der Waals surface area contributed by atoms with Gasteiger partial charge in [0.15, 0.2) is 0 Å². The number of nitrogens with two attached hydrogens (primary N) is 1. The second kappa shape index (κ2) is 9.96. The predicted molar refractivity (Wildman–Crippen MR) is 118 cm³/mol. The Labute approximate surface area is 182 Å². The molecule has 3 atom stereocenters. The summed E-state index contributed by atoms with van der Waals surface area (Å²) in [6.45, 7) is 4.60. The first-order valence-electron chi connectivity index (χ1n) is 10.9. The number of aromatic nitrogens is 1. The van der Waals surface area contributed by atoms with E-state index in [0.717, 1.165) is 16.5 Å². The molecule has 8 heteroatoms. The summed E-state index contributed by atoms with van der Waals surface area (Å²) in [6, 6.07) is 6.37. The minimum Gasteiger partial charge on any atom is -0.480 e. The summed E-state index contributed by atoms with van der Waals surface area (Å²) in [5, 5.41) is 13.1. The van der Waals surface area contributed by atoms with Crippen LogP contribution in [0.25, 0.3) is 10.9 Å². The standard InChI is InChI=1S/C23H32N4O4/c1-3-14(2)20(23(30)31)26-21(28)15-8-10-27(11-9-15)22(29)18(24)12-16-13-25-19-7-5-4-6-17(16)19/h4-7,13-15,18,20,25H,3,8-12,24H2,1-2H3,(H,26,28)(H,30,31)/t14?,18-,20-/m0/s1. The van der Waals surface area contributed by atoms with Gasteiger partial charge in [0.2, 0.25) is 11.8 Å². The lowest BCUT2D eigenvalue weighted by Gasteiger charge is -2.33. The van der Waals surface area contributed by atoms with E-state index in [0.29, 0.717) is 38.8 Å². The fourth-order valence-corrected chi connectivity index (χ4v) is 4.18. The van der Waals surface area contributed by atoms with Crippen LogP contribution in [0.1, 0.15) is 38.7 Å². The molecule has 168 valence electrons. The molecule has 1 fully saturated rings. The van der Waals surface area contributed by atoms with Crippen LogP contribution >= 0.6 is 0 Å². The molecule has 8 nitrogen and oxygen atoms in total. The molecule has 1 saturated heterocycles. The summed E-state index contributed by atoms with van der Waals surface area (Å²) < 4.78 is 0. The number of carbonyl (C=O) groups is 3. The minimum atomic E-state index is -1.02. The number of benzene rings is 1. The summed E-state index contributed by atoms with van der Waals surface area (Å²) in [5.41, 5.74) is 8.25. The van der Waals surface area contributed by atoms with Crippen molar-refractivity contribution >= 4 is 28.7 Å². The number of aliphatic carboxylic acids is 1. The molecule has 31 heavy (non-hydrogen) atoms. The van der Waals surface area contributed by atoms with Crippen molar-refractivity contribution in [2.45, 2.75) is 51.6 Å². The molecule has 2 aromatic rings. The number of aromatic amines is 1. The van der Waals surface area contributed by atoms with E-state index in [-0.39, 0.29) is 23.7 Å². The van der Waals surface area contributed by atoms with Gasteiger partial charge >= 0.3 is 5.97 Å². The third-order valence-corrected chi connectivity index (χ3v) is 6.39. The molecule has 3 rings (SSSR count). The SMILES string of the molecule is CCC(C)[C@H](NC(=O)C1CCN(C(=O)[C@@H](N)Cc2c[nH]c3ccccc23)CC1)C(=O)O. The number of piperidine rings is 1. The Kier molecular flexibility index (Phi) is 7.33. The monoisotopic (exact) mass is 428 g/mol. The maximum atomic E-state index is 12.8. The van der Waals surface area contributed by atoms with E-state index >= 15 is 0 Å². The molecular formula is C23H32N4O4. The highest BCUT2D eigenvalue weighted by Crippen LogP contribution is 2.22. The van der Waals surface area contributed by atoms with Gasteiger partial charge in [-0.15, -0.1) is 0 Å². The Bertz CT molecular complexity index is 933. The van der Waals surface area contributed by atoms with Crippen LogP contribution in [0.5, 0.6) is 0 Å². The second-order valence-corrected chi connectivity index (χ2v) is 8.48. The van der Waals surface area contributed by atoms with Gasteiger partial charge in [-0.3, -0.25) is 9.59 Å². The molecular weight excluding hydrogens is 396 g/mol. The highest BCUT2D eigenvalue weighted by atomic mass is 16.4. The Balaban J connectivity index is 1.53. The van der Waals surface area contributed by atoms with Crippen LogP contribution in [0.3, 0.4) is 0 Å². The van der Waals surface area contributed by atoms with Gasteiger partial charge in [0, 0.05) is 36.1 Å². The zero-order valence-electron chi connectivity index (χ0n) is 18.1. The van der Waals surface area contributed by atoms with Gasteiger partial charge in [0.05, 0.1) is 6.04 Å². The molecule has 1 aliphatic heterocycles. The predicted octanol–water partition coefficient (Wildman–Crippen LogP) is 1.89. The summed E-state index contributed by atoms with van der Waals surface area (Å²) in [4.78, 5) is 41.8. The van der Waals surface area contributed by atoms with E-state index < -0.39 is 18.1 Å². The van der Waals surface area contributed by atoms with Gasteiger partial charge in [-0.2, -0.15) is 0 Å². The number of rotatable bonds is 8. The largest absolute Gasteiger partial charge is 0.480 e. The Morgan fingerprint density at radius 1 is 1.26 bits per heavy atom. The number of hydrogen-bond acceptors (Lipinski definition) is 4. The van der Waals surface area contributed by atoms with Crippen LogP contribution in [0.4, 0.5) is 0 Å². The van der Waals surface area contributed by atoms with Crippen LogP contribution in [0.15, 0.2) is 30.5 Å². The van der Waals surface area contributed by atoms with Gasteiger partial charge in [-0.1, -0.05) is 38.5 Å². The van der Waals surface area contributed by atoms with Crippen LogP contribution < -0.4 is 11.1 Å². The van der Waals surface area contributed by atoms with Crippen molar-refractivity contribution in [3.63, 3.8) is 0 Å². The summed E-state index contributed by atoms with van der Waals surface area (Å²) in [5.74, 6) is -1.82. The van der Waals surface area contributed by atoms with Crippen molar-refractivity contribution in [2.75, 3.05) is 13.1 Å². The first kappa shape index (κ1) is 22.8. The molecule has 1 aromatic carbocycles. The molecule has 2 heterocycles. The highest BCUT2D eigenvalue weighted by molar-refractivity contribution is 5.87. The molecule has 1 aromatic heterocycles. The Hall–Kier alpha value is -2.87. The molecule has 0 spiro atoms. The van der Waals surface area contributed by atoms with Gasteiger partial charge in [-0.05, 0) is 36.8 Å². The van der Waals surface area contributed by atoms with Crippen molar-refractivity contribution in [3.8, 4) is 0 Å². The Morgan fingerprint density at radius 3 is 2.58 bits per heavy atom. The average molecular weight is 429 g/mol. The van der Waals surface area contributed by atoms with E-state index in [9.17, 15) is 19.5 Å². The number of fused-ring (bicyclic) bond motifs is 1. The summed E-state index contributed by atoms with van der Waals surface area (Å²) >= 11 is 0. The lowest BCUT2D eigenvalue weighted by Crippen LogP contribution is -2.52. The zero-order valence-corrected chi connectivity index (χ0v) is 18.1. The average Bonchev–Trinajstić information content (AvgIpc) is 3.19. The van der Waals surface area contributed by atoms with E-state index in [4.69, 9.17) is 5.73 Å². The summed E-state index contributed by atoms with van der Waals surface area (Å²) in [6.07, 6.45) is 4.01. The molecule has 0 saturated carbocycles. The number of likely N-dealkylation sites (tertiary alicyclic amines) is 1. The number of H-pyrrole nitrogens is 1. The molecule has 5 N–H and O–H groups in total. The fraction of sp³-hybridized carbons (Fsp3) is 0.522. The maximum Gasteiger partial charge on any atom is 0.326 e. The van der Waals surface area contributed by atoms with Crippen LogP contribution in [0.2, 0.25) is 0 Å². The first-order chi connectivity index (χ1) is 14.8. The summed E-state index contributed by atoms with van der Waals surface area (Å²) in [7, 11) is 0. The van der Waals surface area contributed by atoms with Crippen molar-refractivity contribution in [3.05, 3.63) is 36.0 Å². The van der Waals surface area contributed by atoms with Crippen molar-refractivity contribution < 1.29 is 19.5 Å². The van der Waals surface area contributed by atoms with Crippen molar-refractivity contribution in [1.82, 2.24) is 15.2 Å². The van der Waals surface area contributed by atoms with Crippen molar-refractivity contribution in [1.29, 1.82) is 0 Å². The number of para-hydroxylation sites is 1. The molecule has 0 radical (unpaired) electrons. The quantitative estimate of drug-likeness (QED) is 0.510. The van der Waals surface area contributed by atoms with E-state index in [1.807, 2.05) is 44.3 Å². The number of amides is 2. The fourth-order valence-electron chi connectivity index (χ4n) is 4.18. The smallest absolute Gasteiger partial charge is 0.326 e. The number of nitrogens with zero attached hydrogens (tertiary/aromatic N) is 1. The number of hydrogen-bond donors (Lipinski definition) is 4. The van der Waals surface area contributed by atoms with E-state index in [2.05, 4.69) is 10.3 Å². The van der Waals surface area contributed by atoms with Crippen LogP contribution in [0, 0.1) is 11.8 Å². The normalized spacial score (nSPS) is 17.8. The van der Waals surface area contributed by atoms with Gasteiger partial charge in [0.1, 0.15) is 6.04 Å². The molecule has 0 aliphatic carbocycles. The number of carbonyl (C=O) groups excluding carboxylic acids is 2. The van der Waals surface area contributed by atoms with E-state index in [1.54, 1.807) is 4.90 Å².